The van der Waals surface area contributed by atoms with Crippen molar-refractivity contribution in [2.75, 3.05) is 11.9 Å². The molecule has 0 spiro atoms. The Labute approximate surface area is 186 Å². The van der Waals surface area contributed by atoms with E-state index in [1.807, 2.05) is 13.8 Å². The first-order chi connectivity index (χ1) is 14.7. The van der Waals surface area contributed by atoms with Crippen LogP contribution in [0.2, 0.25) is 5.02 Å². The van der Waals surface area contributed by atoms with Gasteiger partial charge < -0.3 is 15.4 Å². The lowest BCUT2D eigenvalue weighted by atomic mass is 9.99. The third-order valence-corrected chi connectivity index (χ3v) is 5.03. The molecule has 0 saturated carbocycles. The second-order valence-electron chi connectivity index (χ2n) is 7.13. The van der Waals surface area contributed by atoms with E-state index in [4.69, 9.17) is 16.3 Å². The number of esters is 1. The predicted octanol–water partition coefficient (Wildman–Crippen LogP) is 3.87. The van der Waals surface area contributed by atoms with Gasteiger partial charge in [0.2, 0.25) is 0 Å². The molecule has 31 heavy (non-hydrogen) atoms. The number of hydrogen-bond donors (Lipinski definition) is 2. The number of rotatable bonds is 9. The molecule has 0 aliphatic rings. The van der Waals surface area contributed by atoms with Crippen molar-refractivity contribution in [3.8, 4) is 0 Å². The molecule has 0 aromatic heterocycles. The van der Waals surface area contributed by atoms with Gasteiger partial charge in [-0.1, -0.05) is 31.9 Å². The standard InChI is InChI=1S/C23H25ClN2O5/c1-4-14(2)21(26-22(29)17-5-9-18(24)10-6-17)23(30)31-13-20(28)25-19-11-7-16(8-12-19)15(3)27/h5-12,14,21H,4,13H2,1-3H3,(H,25,28)(H,26,29)/t14-,21+/m0/s1. The summed E-state index contributed by atoms with van der Waals surface area (Å²) in [7, 11) is 0. The highest BCUT2D eigenvalue weighted by atomic mass is 35.5. The molecule has 0 fully saturated rings. The molecule has 2 amide bonds. The first kappa shape index (κ1) is 24.1. The van der Waals surface area contributed by atoms with Crippen LogP contribution in [-0.2, 0) is 14.3 Å². The van der Waals surface area contributed by atoms with E-state index in [9.17, 15) is 19.2 Å². The Balaban J connectivity index is 1.95. The summed E-state index contributed by atoms with van der Waals surface area (Å²) in [6.45, 7) is 4.64. The summed E-state index contributed by atoms with van der Waals surface area (Å²) in [5, 5.41) is 5.76. The lowest BCUT2D eigenvalue weighted by Gasteiger charge is -2.22. The molecule has 0 aliphatic heterocycles. The number of benzene rings is 2. The zero-order chi connectivity index (χ0) is 23.0. The van der Waals surface area contributed by atoms with E-state index >= 15 is 0 Å². The maximum absolute atomic E-state index is 12.6. The molecular formula is C23H25ClN2O5. The monoisotopic (exact) mass is 444 g/mol. The molecule has 0 saturated heterocycles. The molecule has 2 aromatic carbocycles. The molecule has 2 atom stereocenters. The number of carbonyl (C=O) groups is 4. The molecule has 8 heteroatoms. The maximum Gasteiger partial charge on any atom is 0.329 e. The Morgan fingerprint density at radius 1 is 0.968 bits per heavy atom. The summed E-state index contributed by atoms with van der Waals surface area (Å²) in [6.07, 6.45) is 0.620. The minimum Gasteiger partial charge on any atom is -0.454 e. The van der Waals surface area contributed by atoms with Gasteiger partial charge in [0.15, 0.2) is 12.4 Å². The van der Waals surface area contributed by atoms with Gasteiger partial charge in [0.05, 0.1) is 0 Å². The molecule has 2 N–H and O–H groups in total. The van der Waals surface area contributed by atoms with Gasteiger partial charge >= 0.3 is 5.97 Å². The lowest BCUT2D eigenvalue weighted by molar-refractivity contribution is -0.150. The van der Waals surface area contributed by atoms with Crippen molar-refractivity contribution in [1.82, 2.24) is 5.32 Å². The molecule has 0 aliphatic carbocycles. The quantitative estimate of drug-likeness (QED) is 0.451. The number of Topliss-reactive ketones (excluding diaryl/α,β-unsaturated/α-hetero) is 1. The van der Waals surface area contributed by atoms with Gasteiger partial charge in [-0.25, -0.2) is 4.79 Å². The summed E-state index contributed by atoms with van der Waals surface area (Å²) >= 11 is 5.84. The van der Waals surface area contributed by atoms with Crippen LogP contribution in [0.1, 0.15) is 47.9 Å². The fraction of sp³-hybridized carbons (Fsp3) is 0.304. The summed E-state index contributed by atoms with van der Waals surface area (Å²) in [4.78, 5) is 48.5. The molecule has 0 heterocycles. The number of anilines is 1. The van der Waals surface area contributed by atoms with Crippen molar-refractivity contribution in [2.24, 2.45) is 5.92 Å². The van der Waals surface area contributed by atoms with Crippen LogP contribution in [0.4, 0.5) is 5.69 Å². The van der Waals surface area contributed by atoms with Crippen LogP contribution >= 0.6 is 11.6 Å². The molecule has 0 radical (unpaired) electrons. The van der Waals surface area contributed by atoms with E-state index in [0.29, 0.717) is 28.3 Å². The predicted molar refractivity (Wildman–Crippen MR) is 118 cm³/mol. The Morgan fingerprint density at radius 2 is 1.55 bits per heavy atom. The minimum absolute atomic E-state index is 0.0801. The number of halogens is 1. The first-order valence-electron chi connectivity index (χ1n) is 9.85. The van der Waals surface area contributed by atoms with Crippen molar-refractivity contribution in [1.29, 1.82) is 0 Å². The Kier molecular flexibility index (Phi) is 8.75. The highest BCUT2D eigenvalue weighted by Gasteiger charge is 2.28. The van der Waals surface area contributed by atoms with Gasteiger partial charge in [-0.05, 0) is 61.4 Å². The minimum atomic E-state index is -0.907. The zero-order valence-corrected chi connectivity index (χ0v) is 18.4. The maximum atomic E-state index is 12.6. The van der Waals surface area contributed by atoms with Gasteiger partial charge in [0.1, 0.15) is 6.04 Å². The number of carbonyl (C=O) groups excluding carboxylic acids is 4. The summed E-state index contributed by atoms with van der Waals surface area (Å²) in [6, 6.07) is 11.7. The smallest absolute Gasteiger partial charge is 0.329 e. The normalized spacial score (nSPS) is 12.4. The topological polar surface area (TPSA) is 102 Å². The Bertz CT molecular complexity index is 941. The lowest BCUT2D eigenvalue weighted by Crippen LogP contribution is -2.46. The van der Waals surface area contributed by atoms with Gasteiger partial charge in [-0.15, -0.1) is 0 Å². The third kappa shape index (κ3) is 7.22. The summed E-state index contributed by atoms with van der Waals surface area (Å²) in [5.41, 5.74) is 1.36. The van der Waals surface area contributed by atoms with E-state index < -0.39 is 30.4 Å². The van der Waals surface area contributed by atoms with E-state index in [2.05, 4.69) is 10.6 Å². The molecular weight excluding hydrogens is 420 g/mol. The van der Waals surface area contributed by atoms with Crippen LogP contribution in [-0.4, -0.2) is 36.2 Å². The van der Waals surface area contributed by atoms with Crippen LogP contribution in [0.15, 0.2) is 48.5 Å². The number of ketones is 1. The van der Waals surface area contributed by atoms with E-state index in [1.165, 1.54) is 6.92 Å². The fourth-order valence-corrected chi connectivity index (χ4v) is 2.83. The van der Waals surface area contributed by atoms with Crippen LogP contribution in [0.5, 0.6) is 0 Å². The van der Waals surface area contributed by atoms with Crippen LogP contribution in [0.3, 0.4) is 0 Å². The molecule has 7 nitrogen and oxygen atoms in total. The van der Waals surface area contributed by atoms with Crippen molar-refractivity contribution in [3.63, 3.8) is 0 Å². The molecule has 2 rings (SSSR count). The fourth-order valence-electron chi connectivity index (χ4n) is 2.71. The number of nitrogens with one attached hydrogen (secondary N) is 2. The number of hydrogen-bond acceptors (Lipinski definition) is 5. The van der Waals surface area contributed by atoms with Crippen LogP contribution in [0.25, 0.3) is 0 Å². The largest absolute Gasteiger partial charge is 0.454 e. The number of amides is 2. The number of ether oxygens (including phenoxy) is 1. The van der Waals surface area contributed by atoms with Crippen molar-refractivity contribution in [2.45, 2.75) is 33.2 Å². The van der Waals surface area contributed by atoms with Gasteiger partial charge in [-0.2, -0.15) is 0 Å². The summed E-state index contributed by atoms with van der Waals surface area (Å²) < 4.78 is 5.14. The second kappa shape index (κ2) is 11.3. The molecule has 164 valence electrons. The van der Waals surface area contributed by atoms with E-state index in [0.717, 1.165) is 0 Å². The van der Waals surface area contributed by atoms with E-state index in [-0.39, 0.29) is 11.7 Å². The van der Waals surface area contributed by atoms with Crippen molar-refractivity contribution < 1.29 is 23.9 Å². The Hall–Kier alpha value is -3.19. The van der Waals surface area contributed by atoms with Crippen LogP contribution in [0, 0.1) is 5.92 Å². The van der Waals surface area contributed by atoms with Gasteiger partial charge in [-0.3, -0.25) is 14.4 Å². The van der Waals surface area contributed by atoms with Crippen molar-refractivity contribution in [3.05, 3.63) is 64.7 Å². The Morgan fingerprint density at radius 3 is 2.10 bits per heavy atom. The summed E-state index contributed by atoms with van der Waals surface area (Å²) in [5.74, 6) is -1.95. The molecule has 0 unspecified atom stereocenters. The van der Waals surface area contributed by atoms with Crippen molar-refractivity contribution >= 4 is 40.9 Å². The first-order valence-corrected chi connectivity index (χ1v) is 10.2. The van der Waals surface area contributed by atoms with Gasteiger partial charge in [0.25, 0.3) is 11.8 Å². The molecule has 2 aromatic rings. The SMILES string of the molecule is CC[C@H](C)[C@@H](NC(=O)c1ccc(Cl)cc1)C(=O)OCC(=O)Nc1ccc(C(C)=O)cc1. The highest BCUT2D eigenvalue weighted by molar-refractivity contribution is 6.30. The van der Waals surface area contributed by atoms with Crippen LogP contribution < -0.4 is 10.6 Å². The average Bonchev–Trinajstić information content (AvgIpc) is 2.76. The average molecular weight is 445 g/mol. The second-order valence-corrected chi connectivity index (χ2v) is 7.57. The van der Waals surface area contributed by atoms with Gasteiger partial charge in [0, 0.05) is 21.8 Å². The molecule has 0 bridgehead atoms. The zero-order valence-electron chi connectivity index (χ0n) is 17.6. The van der Waals surface area contributed by atoms with E-state index in [1.54, 1.807) is 48.5 Å². The highest BCUT2D eigenvalue weighted by Crippen LogP contribution is 2.14. The third-order valence-electron chi connectivity index (χ3n) is 4.78.